The van der Waals surface area contributed by atoms with Crippen molar-refractivity contribution in [3.8, 4) is 0 Å². The van der Waals surface area contributed by atoms with E-state index in [1.807, 2.05) is 12.2 Å². The summed E-state index contributed by atoms with van der Waals surface area (Å²) < 4.78 is 0. The molecule has 0 saturated carbocycles. The van der Waals surface area contributed by atoms with Crippen molar-refractivity contribution in [2.45, 2.75) is 39.0 Å². The van der Waals surface area contributed by atoms with Gasteiger partial charge in [-0.15, -0.1) is 13.2 Å². The van der Waals surface area contributed by atoms with E-state index in [1.165, 1.54) is 30.4 Å². The molecule has 0 aromatic carbocycles. The molecule has 1 rings (SSSR count). The molecule has 0 heterocycles. The lowest BCUT2D eigenvalue weighted by Crippen LogP contribution is -1.97. The van der Waals surface area contributed by atoms with Gasteiger partial charge in [-0.1, -0.05) is 29.4 Å². The van der Waals surface area contributed by atoms with Gasteiger partial charge in [-0.25, -0.2) is 0 Å². The van der Waals surface area contributed by atoms with Gasteiger partial charge in [-0.3, -0.25) is 0 Å². The highest BCUT2D eigenvalue weighted by Crippen LogP contribution is 2.28. The van der Waals surface area contributed by atoms with Crippen LogP contribution in [0.3, 0.4) is 0 Å². The smallest absolute Gasteiger partial charge is 0.0101 e. The first kappa shape index (κ1) is 11.0. The lowest BCUT2D eigenvalue weighted by molar-refractivity contribution is 0.804. The van der Waals surface area contributed by atoms with Crippen molar-refractivity contribution in [1.29, 1.82) is 0 Å². The van der Waals surface area contributed by atoms with Crippen LogP contribution in [0.25, 0.3) is 0 Å². The molecular weight excluding hydrogens is 168 g/mol. The first-order valence-corrected chi connectivity index (χ1v) is 5.37. The molecule has 0 fully saturated rings. The van der Waals surface area contributed by atoms with Crippen molar-refractivity contribution in [3.63, 3.8) is 0 Å². The summed E-state index contributed by atoms with van der Waals surface area (Å²) in [6.07, 6.45) is 12.1. The molecule has 0 saturated heterocycles. The van der Waals surface area contributed by atoms with Gasteiger partial charge in [0.05, 0.1) is 0 Å². The Kier molecular flexibility index (Phi) is 4.45. The predicted molar refractivity (Wildman–Crippen MR) is 64.3 cm³/mol. The molecule has 0 bridgehead atoms. The second-order valence-corrected chi connectivity index (χ2v) is 3.94. The molecule has 0 radical (unpaired) electrons. The number of hydrogen-bond donors (Lipinski definition) is 0. The van der Waals surface area contributed by atoms with Gasteiger partial charge < -0.3 is 0 Å². The quantitative estimate of drug-likeness (QED) is 0.555. The van der Waals surface area contributed by atoms with Gasteiger partial charge >= 0.3 is 0 Å². The number of hydrogen-bond acceptors (Lipinski definition) is 0. The molecule has 1 aliphatic carbocycles. The van der Waals surface area contributed by atoms with Crippen LogP contribution in [0.1, 0.15) is 39.0 Å². The van der Waals surface area contributed by atoms with Gasteiger partial charge in [0.2, 0.25) is 0 Å². The summed E-state index contributed by atoms with van der Waals surface area (Å²) in [4.78, 5) is 0. The Bertz CT molecular complexity index is 276. The van der Waals surface area contributed by atoms with Crippen molar-refractivity contribution >= 4 is 0 Å². The van der Waals surface area contributed by atoms with Crippen LogP contribution in [0.2, 0.25) is 0 Å². The zero-order valence-corrected chi connectivity index (χ0v) is 9.18. The fourth-order valence-electron chi connectivity index (χ4n) is 1.90. The van der Waals surface area contributed by atoms with Crippen molar-refractivity contribution < 1.29 is 0 Å². The molecule has 0 amide bonds. The van der Waals surface area contributed by atoms with E-state index in [9.17, 15) is 0 Å². The molecular formula is C14H20. The second-order valence-electron chi connectivity index (χ2n) is 3.94. The maximum Gasteiger partial charge on any atom is -0.0101 e. The van der Waals surface area contributed by atoms with Gasteiger partial charge in [0.1, 0.15) is 0 Å². The molecule has 0 unspecified atom stereocenters. The van der Waals surface area contributed by atoms with Crippen LogP contribution in [0.4, 0.5) is 0 Å². The van der Waals surface area contributed by atoms with E-state index in [1.54, 1.807) is 5.57 Å². The van der Waals surface area contributed by atoms with Crippen molar-refractivity contribution in [3.05, 3.63) is 48.1 Å². The van der Waals surface area contributed by atoms with Crippen LogP contribution in [0.5, 0.6) is 0 Å². The first-order valence-electron chi connectivity index (χ1n) is 5.37. The minimum Gasteiger partial charge on any atom is -0.103 e. The summed E-state index contributed by atoms with van der Waals surface area (Å²) in [5.41, 5.74) is 4.60. The maximum atomic E-state index is 3.81. The Hall–Kier alpha value is -1.04. The molecule has 0 heteroatoms. The van der Waals surface area contributed by atoms with Crippen molar-refractivity contribution in [2.75, 3.05) is 0 Å². The zero-order chi connectivity index (χ0) is 10.4. The molecule has 0 aliphatic heterocycles. The van der Waals surface area contributed by atoms with Gasteiger partial charge in [0.15, 0.2) is 0 Å². The molecule has 0 aromatic heterocycles. The summed E-state index contributed by atoms with van der Waals surface area (Å²) in [6, 6.07) is 0. The Morgan fingerprint density at radius 3 is 2.71 bits per heavy atom. The van der Waals surface area contributed by atoms with Crippen LogP contribution in [0.15, 0.2) is 48.1 Å². The largest absolute Gasteiger partial charge is 0.103 e. The highest BCUT2D eigenvalue weighted by Gasteiger charge is 2.09. The highest BCUT2D eigenvalue weighted by atomic mass is 14.1. The molecule has 0 aromatic rings. The average Bonchev–Trinajstić information content (AvgIpc) is 2.17. The van der Waals surface area contributed by atoms with Crippen LogP contribution in [-0.4, -0.2) is 0 Å². The summed E-state index contributed by atoms with van der Waals surface area (Å²) in [7, 11) is 0. The molecule has 14 heavy (non-hydrogen) atoms. The standard InChI is InChI=1S/C14H20/c1-4-6-8-13-10-9-12(3)11-14(13)7-5-2/h4-5,11H,1-2,6-10H2,3H3. The fourth-order valence-corrected chi connectivity index (χ4v) is 1.90. The normalized spacial score (nSPS) is 16.5. The van der Waals surface area contributed by atoms with Crippen LogP contribution in [-0.2, 0) is 0 Å². The first-order chi connectivity index (χ1) is 6.77. The third kappa shape index (κ3) is 3.02. The SMILES string of the molecule is C=CCCC1=C(CC=C)C=C(C)CC1. The molecule has 0 spiro atoms. The van der Waals surface area contributed by atoms with E-state index < -0.39 is 0 Å². The number of rotatable bonds is 5. The average molecular weight is 188 g/mol. The molecule has 0 N–H and O–H groups in total. The lowest BCUT2D eigenvalue weighted by atomic mass is 9.89. The maximum absolute atomic E-state index is 3.81. The highest BCUT2D eigenvalue weighted by molar-refractivity contribution is 5.34. The minimum atomic E-state index is 1.02. The zero-order valence-electron chi connectivity index (χ0n) is 9.18. The summed E-state index contributed by atoms with van der Waals surface area (Å²) in [5.74, 6) is 0. The Labute approximate surface area is 87.7 Å². The number of allylic oxidation sites excluding steroid dienone is 6. The van der Waals surface area contributed by atoms with Crippen molar-refractivity contribution in [2.24, 2.45) is 0 Å². The summed E-state index contributed by atoms with van der Waals surface area (Å²) >= 11 is 0. The second kappa shape index (κ2) is 5.64. The Morgan fingerprint density at radius 1 is 1.29 bits per heavy atom. The predicted octanol–water partition coefficient (Wildman–Crippen LogP) is 4.57. The van der Waals surface area contributed by atoms with E-state index in [4.69, 9.17) is 0 Å². The lowest BCUT2D eigenvalue weighted by Gasteiger charge is -2.17. The van der Waals surface area contributed by atoms with E-state index in [0.717, 1.165) is 12.8 Å². The van der Waals surface area contributed by atoms with Gasteiger partial charge in [-0.05, 0) is 44.6 Å². The fraction of sp³-hybridized carbons (Fsp3) is 0.429. The molecule has 0 atom stereocenters. The molecule has 0 nitrogen and oxygen atoms in total. The van der Waals surface area contributed by atoms with E-state index >= 15 is 0 Å². The minimum absolute atomic E-state index is 1.02. The monoisotopic (exact) mass is 188 g/mol. The van der Waals surface area contributed by atoms with Gasteiger partial charge in [-0.2, -0.15) is 0 Å². The van der Waals surface area contributed by atoms with E-state index in [0.29, 0.717) is 0 Å². The Morgan fingerprint density at radius 2 is 2.07 bits per heavy atom. The van der Waals surface area contributed by atoms with E-state index in [-0.39, 0.29) is 0 Å². The molecule has 1 aliphatic rings. The van der Waals surface area contributed by atoms with Gasteiger partial charge in [0, 0.05) is 0 Å². The summed E-state index contributed by atoms with van der Waals surface area (Å²) in [6.45, 7) is 9.80. The van der Waals surface area contributed by atoms with Crippen LogP contribution >= 0.6 is 0 Å². The Balaban J connectivity index is 2.76. The van der Waals surface area contributed by atoms with Gasteiger partial charge in [0.25, 0.3) is 0 Å². The van der Waals surface area contributed by atoms with E-state index in [2.05, 4.69) is 26.2 Å². The molecule has 76 valence electrons. The topological polar surface area (TPSA) is 0 Å². The third-order valence-corrected chi connectivity index (χ3v) is 2.71. The van der Waals surface area contributed by atoms with Crippen LogP contribution < -0.4 is 0 Å². The van der Waals surface area contributed by atoms with Crippen LogP contribution in [0, 0.1) is 0 Å². The summed E-state index contributed by atoms with van der Waals surface area (Å²) in [5, 5.41) is 0. The van der Waals surface area contributed by atoms with Crippen molar-refractivity contribution in [1.82, 2.24) is 0 Å². The third-order valence-electron chi connectivity index (χ3n) is 2.71.